The summed E-state index contributed by atoms with van der Waals surface area (Å²) in [6, 6.07) is 11.7. The number of hydrogen-bond acceptors (Lipinski definition) is 5. The van der Waals surface area contributed by atoms with Crippen LogP contribution in [0.15, 0.2) is 36.1 Å². The van der Waals surface area contributed by atoms with E-state index in [1.807, 2.05) is 49.4 Å². The minimum absolute atomic E-state index is 0.248. The Balaban J connectivity index is 2.17. The van der Waals surface area contributed by atoms with Crippen LogP contribution in [0, 0.1) is 28.6 Å². The summed E-state index contributed by atoms with van der Waals surface area (Å²) in [5, 5.41) is 18.5. The fourth-order valence-corrected chi connectivity index (χ4v) is 2.63. The maximum Gasteiger partial charge on any atom is 0.305 e. The van der Waals surface area contributed by atoms with Gasteiger partial charge in [0.15, 0.2) is 5.92 Å². The van der Waals surface area contributed by atoms with E-state index in [9.17, 15) is 15.3 Å². The zero-order valence-electron chi connectivity index (χ0n) is 13.2. The predicted octanol–water partition coefficient (Wildman–Crippen LogP) is 2.63. The average Bonchev–Trinajstić information content (AvgIpc) is 3.29. The second-order valence-corrected chi connectivity index (χ2v) is 5.27. The molecule has 5 heteroatoms. The zero-order valence-corrected chi connectivity index (χ0v) is 13.2. The molecule has 0 aromatic heterocycles. The van der Waals surface area contributed by atoms with Gasteiger partial charge in [-0.05, 0) is 30.5 Å². The van der Waals surface area contributed by atoms with Crippen molar-refractivity contribution in [2.75, 3.05) is 13.7 Å². The van der Waals surface area contributed by atoms with E-state index in [-0.39, 0.29) is 5.97 Å². The van der Waals surface area contributed by atoms with Gasteiger partial charge in [0.05, 0.1) is 25.9 Å². The summed E-state index contributed by atoms with van der Waals surface area (Å²) in [7, 11) is 1.37. The number of nitrogens with zero attached hydrogens (tertiary/aromatic N) is 2. The molecule has 1 aromatic rings. The van der Waals surface area contributed by atoms with Crippen molar-refractivity contribution in [1.82, 2.24) is 0 Å². The second kappa shape index (κ2) is 6.98. The summed E-state index contributed by atoms with van der Waals surface area (Å²) in [5.41, 5.74) is 1.12. The average molecular weight is 310 g/mol. The number of hydrogen-bond donors (Lipinski definition) is 0. The summed E-state index contributed by atoms with van der Waals surface area (Å²) in [6.45, 7) is 2.36. The van der Waals surface area contributed by atoms with Gasteiger partial charge in [-0.25, -0.2) is 0 Å². The van der Waals surface area contributed by atoms with Crippen LogP contribution in [0.25, 0.3) is 0 Å². The van der Waals surface area contributed by atoms with E-state index < -0.39 is 11.3 Å². The van der Waals surface area contributed by atoms with E-state index in [4.69, 9.17) is 4.74 Å². The van der Waals surface area contributed by atoms with Gasteiger partial charge in [-0.3, -0.25) is 4.79 Å². The van der Waals surface area contributed by atoms with E-state index in [0.717, 1.165) is 11.1 Å². The second-order valence-electron chi connectivity index (χ2n) is 5.27. The van der Waals surface area contributed by atoms with Gasteiger partial charge < -0.3 is 9.47 Å². The van der Waals surface area contributed by atoms with Gasteiger partial charge in [0.1, 0.15) is 11.2 Å². The van der Waals surface area contributed by atoms with Crippen LogP contribution in [0.3, 0.4) is 0 Å². The molecule has 0 radical (unpaired) electrons. The lowest BCUT2D eigenvalue weighted by Gasteiger charge is -2.19. The molecule has 5 nitrogen and oxygen atoms in total. The zero-order chi connectivity index (χ0) is 16.9. The Labute approximate surface area is 135 Å². The number of esters is 1. The van der Waals surface area contributed by atoms with E-state index >= 15 is 0 Å². The summed E-state index contributed by atoms with van der Waals surface area (Å²) in [4.78, 5) is 11.2. The molecule has 0 fully saturated rings. The molecule has 0 amide bonds. The van der Waals surface area contributed by atoms with E-state index in [0.29, 0.717) is 25.2 Å². The SMILES string of the molecule is CCOC1=CC1(c1ccc(CCC(=O)OC)cc1)C(C#N)C#N. The molecule has 2 rings (SSSR count). The summed E-state index contributed by atoms with van der Waals surface area (Å²) < 4.78 is 10.2. The lowest BCUT2D eigenvalue weighted by atomic mass is 9.81. The molecular formula is C18H18N2O3. The molecule has 0 saturated carbocycles. The van der Waals surface area contributed by atoms with Gasteiger partial charge in [0.2, 0.25) is 0 Å². The lowest BCUT2D eigenvalue weighted by Crippen LogP contribution is -2.23. The van der Waals surface area contributed by atoms with Gasteiger partial charge in [0.25, 0.3) is 0 Å². The number of rotatable bonds is 7. The van der Waals surface area contributed by atoms with E-state index in [2.05, 4.69) is 4.74 Å². The van der Waals surface area contributed by atoms with Crippen LogP contribution in [-0.2, 0) is 26.1 Å². The first kappa shape index (κ1) is 16.6. The Morgan fingerprint density at radius 3 is 2.43 bits per heavy atom. The first-order valence-corrected chi connectivity index (χ1v) is 7.44. The highest BCUT2D eigenvalue weighted by atomic mass is 16.5. The summed E-state index contributed by atoms with van der Waals surface area (Å²) >= 11 is 0. The Morgan fingerprint density at radius 2 is 1.91 bits per heavy atom. The van der Waals surface area contributed by atoms with Crippen molar-refractivity contribution in [2.24, 2.45) is 5.92 Å². The standard InChI is InChI=1S/C18H18N2O3/c1-3-23-16-10-18(16,15(11-19)12-20)14-7-4-13(5-8-14)6-9-17(21)22-2/h4-5,7-8,10,15H,3,6,9H2,1-2H3. The Bertz CT molecular complexity index is 680. The lowest BCUT2D eigenvalue weighted by molar-refractivity contribution is -0.140. The number of methoxy groups -OCH3 is 1. The fraction of sp³-hybridized carbons (Fsp3) is 0.389. The third-order valence-corrected chi connectivity index (χ3v) is 3.97. The largest absolute Gasteiger partial charge is 0.497 e. The molecule has 0 bridgehead atoms. The van der Waals surface area contributed by atoms with Crippen LogP contribution in [0.1, 0.15) is 24.5 Å². The number of ether oxygens (including phenoxy) is 2. The molecule has 118 valence electrons. The number of aryl methyl sites for hydroxylation is 1. The van der Waals surface area contributed by atoms with Crippen molar-refractivity contribution in [3.8, 4) is 12.1 Å². The molecule has 1 unspecified atom stereocenters. The number of carbonyl (C=O) groups is 1. The monoisotopic (exact) mass is 310 g/mol. The van der Waals surface area contributed by atoms with Crippen molar-refractivity contribution >= 4 is 5.97 Å². The highest BCUT2D eigenvalue weighted by Gasteiger charge is 2.54. The van der Waals surface area contributed by atoms with Gasteiger partial charge >= 0.3 is 5.97 Å². The molecule has 23 heavy (non-hydrogen) atoms. The van der Waals surface area contributed by atoms with Crippen LogP contribution in [0.4, 0.5) is 0 Å². The van der Waals surface area contributed by atoms with Crippen LogP contribution < -0.4 is 0 Å². The number of nitriles is 2. The normalized spacial score (nSPS) is 18.6. The third kappa shape index (κ3) is 3.19. The molecule has 0 spiro atoms. The van der Waals surface area contributed by atoms with Crippen molar-refractivity contribution < 1.29 is 14.3 Å². The maximum absolute atomic E-state index is 11.2. The molecule has 1 aromatic carbocycles. The highest BCUT2D eigenvalue weighted by molar-refractivity contribution is 5.69. The van der Waals surface area contributed by atoms with Gasteiger partial charge in [-0.2, -0.15) is 10.5 Å². The minimum Gasteiger partial charge on any atom is -0.497 e. The van der Waals surface area contributed by atoms with Crippen LogP contribution in [-0.4, -0.2) is 19.7 Å². The number of benzene rings is 1. The fourth-order valence-electron chi connectivity index (χ4n) is 2.63. The molecule has 0 saturated heterocycles. The molecule has 1 aliphatic carbocycles. The van der Waals surface area contributed by atoms with E-state index in [1.165, 1.54) is 7.11 Å². The van der Waals surface area contributed by atoms with E-state index in [1.54, 1.807) is 0 Å². The molecular weight excluding hydrogens is 292 g/mol. The Hall–Kier alpha value is -2.79. The molecule has 0 aliphatic heterocycles. The highest BCUT2D eigenvalue weighted by Crippen LogP contribution is 2.52. The number of allylic oxidation sites excluding steroid dienone is 2. The third-order valence-electron chi connectivity index (χ3n) is 3.97. The number of carbonyl (C=O) groups excluding carboxylic acids is 1. The van der Waals surface area contributed by atoms with Gasteiger partial charge in [0, 0.05) is 6.42 Å². The molecule has 1 atom stereocenters. The van der Waals surface area contributed by atoms with Crippen molar-refractivity contribution in [3.63, 3.8) is 0 Å². The van der Waals surface area contributed by atoms with Crippen molar-refractivity contribution in [1.29, 1.82) is 10.5 Å². The minimum atomic E-state index is -0.815. The van der Waals surface area contributed by atoms with Crippen LogP contribution >= 0.6 is 0 Å². The summed E-state index contributed by atoms with van der Waals surface area (Å²) in [5.74, 6) is -0.387. The predicted molar refractivity (Wildman–Crippen MR) is 82.9 cm³/mol. The van der Waals surface area contributed by atoms with Gasteiger partial charge in [-0.1, -0.05) is 24.3 Å². The van der Waals surface area contributed by atoms with Crippen molar-refractivity contribution in [3.05, 3.63) is 47.2 Å². The van der Waals surface area contributed by atoms with Gasteiger partial charge in [-0.15, -0.1) is 0 Å². The Morgan fingerprint density at radius 1 is 1.26 bits per heavy atom. The topological polar surface area (TPSA) is 83.1 Å². The van der Waals surface area contributed by atoms with Crippen LogP contribution in [0.5, 0.6) is 0 Å². The maximum atomic E-state index is 11.2. The first-order chi connectivity index (χ1) is 11.1. The first-order valence-electron chi connectivity index (χ1n) is 7.44. The smallest absolute Gasteiger partial charge is 0.305 e. The summed E-state index contributed by atoms with van der Waals surface area (Å²) in [6.07, 6.45) is 2.74. The van der Waals surface area contributed by atoms with Crippen molar-refractivity contribution in [2.45, 2.75) is 25.2 Å². The molecule has 1 aliphatic rings. The quantitative estimate of drug-likeness (QED) is 0.723. The van der Waals surface area contributed by atoms with Crippen LogP contribution in [0.2, 0.25) is 0 Å². The molecule has 0 heterocycles. The Kier molecular flexibility index (Phi) is 5.03. The molecule has 0 N–H and O–H groups in total.